The van der Waals surface area contributed by atoms with Gasteiger partial charge in [0.25, 0.3) is 5.56 Å². The molecule has 5 nitrogen and oxygen atoms in total. The summed E-state index contributed by atoms with van der Waals surface area (Å²) in [6, 6.07) is 19.0. The van der Waals surface area contributed by atoms with Gasteiger partial charge in [-0.2, -0.15) is 5.26 Å². The molecule has 0 aliphatic rings. The molecule has 3 aromatic rings. The van der Waals surface area contributed by atoms with Crippen molar-refractivity contribution in [3.63, 3.8) is 0 Å². The van der Waals surface area contributed by atoms with Gasteiger partial charge in [0, 0.05) is 11.8 Å². The molecule has 0 aliphatic heterocycles. The number of aromatic nitrogens is 2. The lowest BCUT2D eigenvalue weighted by atomic mass is 10.1. The Morgan fingerprint density at radius 3 is 2.46 bits per heavy atom. The topological polar surface area (TPSA) is 75.8 Å². The van der Waals surface area contributed by atoms with Gasteiger partial charge in [-0.05, 0) is 24.3 Å². The van der Waals surface area contributed by atoms with Crippen molar-refractivity contribution in [2.24, 2.45) is 0 Å². The first kappa shape index (κ1) is 15.4. The fourth-order valence-corrected chi connectivity index (χ4v) is 2.42. The summed E-state index contributed by atoms with van der Waals surface area (Å²) in [5.74, 6) is -0.204. The highest BCUT2D eigenvalue weighted by Crippen LogP contribution is 2.16. The molecule has 2 heterocycles. The third-order valence-corrected chi connectivity index (χ3v) is 3.62. The van der Waals surface area contributed by atoms with Gasteiger partial charge in [0.15, 0.2) is 5.78 Å². The lowest BCUT2D eigenvalue weighted by Crippen LogP contribution is -2.27. The number of ketones is 1. The number of carbonyl (C=O) groups is 1. The van der Waals surface area contributed by atoms with Crippen LogP contribution in [0.4, 0.5) is 0 Å². The molecule has 0 spiro atoms. The summed E-state index contributed by atoms with van der Waals surface area (Å²) in [5, 5.41) is 9.09. The summed E-state index contributed by atoms with van der Waals surface area (Å²) in [6.07, 6.45) is 1.61. The molecular weight excluding hydrogens is 302 g/mol. The number of carbonyl (C=O) groups excluding carboxylic acids is 1. The van der Waals surface area contributed by atoms with E-state index in [0.717, 1.165) is 0 Å². The van der Waals surface area contributed by atoms with E-state index >= 15 is 0 Å². The SMILES string of the molecule is N#Cc1ccc(-c2ccccn2)n(CC(=O)c2ccccc2)c1=O. The first-order valence-corrected chi connectivity index (χ1v) is 7.34. The van der Waals surface area contributed by atoms with Crippen LogP contribution in [0.15, 0.2) is 71.7 Å². The van der Waals surface area contributed by atoms with Gasteiger partial charge in [-0.15, -0.1) is 0 Å². The second-order valence-electron chi connectivity index (χ2n) is 5.14. The molecule has 0 aliphatic carbocycles. The van der Waals surface area contributed by atoms with E-state index in [2.05, 4.69) is 4.98 Å². The summed E-state index contributed by atoms with van der Waals surface area (Å²) < 4.78 is 1.30. The standard InChI is InChI=1S/C19H13N3O2/c20-12-15-9-10-17(16-8-4-5-11-21-16)22(19(15)24)13-18(23)14-6-2-1-3-7-14/h1-11H,13H2. The van der Waals surface area contributed by atoms with Gasteiger partial charge >= 0.3 is 0 Å². The molecule has 0 N–H and O–H groups in total. The molecular formula is C19H13N3O2. The first-order chi connectivity index (χ1) is 11.7. The van der Waals surface area contributed by atoms with Crippen LogP contribution in [-0.2, 0) is 6.54 Å². The van der Waals surface area contributed by atoms with Crippen LogP contribution >= 0.6 is 0 Å². The minimum absolute atomic E-state index is 0.00413. The van der Waals surface area contributed by atoms with Gasteiger partial charge in [-0.25, -0.2) is 0 Å². The molecule has 5 heteroatoms. The summed E-state index contributed by atoms with van der Waals surface area (Å²) in [7, 11) is 0. The van der Waals surface area contributed by atoms with Gasteiger partial charge in [0.2, 0.25) is 0 Å². The smallest absolute Gasteiger partial charge is 0.269 e. The van der Waals surface area contributed by atoms with E-state index in [1.807, 2.05) is 12.1 Å². The molecule has 116 valence electrons. The molecule has 0 saturated carbocycles. The van der Waals surface area contributed by atoms with Crippen LogP contribution in [0.3, 0.4) is 0 Å². The Labute approximate surface area is 138 Å². The van der Waals surface area contributed by atoms with Gasteiger partial charge < -0.3 is 0 Å². The molecule has 0 unspecified atom stereocenters. The summed E-state index contributed by atoms with van der Waals surface area (Å²) >= 11 is 0. The van der Waals surface area contributed by atoms with E-state index in [0.29, 0.717) is 17.0 Å². The molecule has 3 rings (SSSR count). The molecule has 0 radical (unpaired) electrons. The number of hydrogen-bond donors (Lipinski definition) is 0. The molecule has 0 fully saturated rings. The predicted octanol–water partition coefficient (Wildman–Crippen LogP) is 2.66. The number of pyridine rings is 2. The van der Waals surface area contributed by atoms with Crippen LogP contribution in [0, 0.1) is 11.3 Å². The average molecular weight is 315 g/mol. The highest BCUT2D eigenvalue weighted by Gasteiger charge is 2.15. The van der Waals surface area contributed by atoms with Crippen LogP contribution < -0.4 is 5.56 Å². The van der Waals surface area contributed by atoms with Crippen LogP contribution in [-0.4, -0.2) is 15.3 Å². The van der Waals surface area contributed by atoms with Crippen molar-refractivity contribution in [1.82, 2.24) is 9.55 Å². The van der Waals surface area contributed by atoms with Crippen LogP contribution in [0.2, 0.25) is 0 Å². The van der Waals surface area contributed by atoms with E-state index in [9.17, 15) is 9.59 Å². The largest absolute Gasteiger partial charge is 0.298 e. The molecule has 0 amide bonds. The molecule has 2 aromatic heterocycles. The normalized spacial score (nSPS) is 10.1. The van der Waals surface area contributed by atoms with Crippen molar-refractivity contribution < 1.29 is 4.79 Å². The van der Waals surface area contributed by atoms with E-state index in [1.165, 1.54) is 10.6 Å². The monoisotopic (exact) mass is 315 g/mol. The van der Waals surface area contributed by atoms with Crippen molar-refractivity contribution in [3.8, 4) is 17.5 Å². The van der Waals surface area contributed by atoms with E-state index in [4.69, 9.17) is 5.26 Å². The first-order valence-electron chi connectivity index (χ1n) is 7.34. The number of nitriles is 1. The zero-order chi connectivity index (χ0) is 16.9. The number of hydrogen-bond acceptors (Lipinski definition) is 4. The number of rotatable bonds is 4. The third-order valence-electron chi connectivity index (χ3n) is 3.62. The Hall–Kier alpha value is -3.52. The molecule has 0 saturated heterocycles. The van der Waals surface area contributed by atoms with Crippen molar-refractivity contribution in [2.75, 3.05) is 0 Å². The molecule has 0 atom stereocenters. The van der Waals surface area contributed by atoms with Gasteiger partial charge in [-0.3, -0.25) is 19.1 Å². The molecule has 24 heavy (non-hydrogen) atoms. The minimum Gasteiger partial charge on any atom is -0.298 e. The Morgan fingerprint density at radius 2 is 1.79 bits per heavy atom. The van der Waals surface area contributed by atoms with Crippen LogP contribution in [0.5, 0.6) is 0 Å². The highest BCUT2D eigenvalue weighted by molar-refractivity contribution is 5.96. The summed E-state index contributed by atoms with van der Waals surface area (Å²) in [4.78, 5) is 29.2. The maximum atomic E-state index is 12.5. The maximum Gasteiger partial charge on any atom is 0.269 e. The average Bonchev–Trinajstić information content (AvgIpc) is 2.64. The number of nitrogens with zero attached hydrogens (tertiary/aromatic N) is 3. The maximum absolute atomic E-state index is 12.5. The Kier molecular flexibility index (Phi) is 4.30. The molecule has 1 aromatic carbocycles. The van der Waals surface area contributed by atoms with Crippen LogP contribution in [0.1, 0.15) is 15.9 Å². The predicted molar refractivity (Wildman–Crippen MR) is 89.4 cm³/mol. The number of Topliss-reactive ketones (excluding diaryl/α,β-unsaturated/α-hetero) is 1. The quantitative estimate of drug-likeness (QED) is 0.694. The van der Waals surface area contributed by atoms with Crippen LogP contribution in [0.25, 0.3) is 11.4 Å². The van der Waals surface area contributed by atoms with Crippen molar-refractivity contribution in [1.29, 1.82) is 5.26 Å². The van der Waals surface area contributed by atoms with E-state index in [1.54, 1.807) is 54.7 Å². The highest BCUT2D eigenvalue weighted by atomic mass is 16.1. The lowest BCUT2D eigenvalue weighted by Gasteiger charge is -2.12. The Balaban J connectivity index is 2.10. The van der Waals surface area contributed by atoms with E-state index < -0.39 is 5.56 Å². The molecule has 0 bridgehead atoms. The lowest BCUT2D eigenvalue weighted by molar-refractivity contribution is 0.0971. The Bertz CT molecular complexity index is 971. The zero-order valence-corrected chi connectivity index (χ0v) is 12.7. The zero-order valence-electron chi connectivity index (χ0n) is 12.7. The van der Waals surface area contributed by atoms with Gasteiger partial charge in [-0.1, -0.05) is 36.4 Å². The van der Waals surface area contributed by atoms with Crippen molar-refractivity contribution in [3.05, 3.63) is 88.3 Å². The second kappa shape index (κ2) is 6.71. The fourth-order valence-electron chi connectivity index (χ4n) is 2.42. The summed E-state index contributed by atoms with van der Waals surface area (Å²) in [5.41, 5.74) is 1.09. The fraction of sp³-hybridized carbons (Fsp3) is 0.0526. The van der Waals surface area contributed by atoms with E-state index in [-0.39, 0.29) is 17.9 Å². The number of benzene rings is 1. The summed E-state index contributed by atoms with van der Waals surface area (Å²) in [6.45, 7) is -0.149. The van der Waals surface area contributed by atoms with Crippen molar-refractivity contribution in [2.45, 2.75) is 6.54 Å². The van der Waals surface area contributed by atoms with Gasteiger partial charge in [0.1, 0.15) is 11.6 Å². The van der Waals surface area contributed by atoms with Gasteiger partial charge in [0.05, 0.1) is 17.9 Å². The third kappa shape index (κ3) is 2.99. The second-order valence-corrected chi connectivity index (χ2v) is 5.14. The van der Waals surface area contributed by atoms with Crippen molar-refractivity contribution >= 4 is 5.78 Å². The minimum atomic E-state index is -0.495. The Morgan fingerprint density at radius 1 is 1.04 bits per heavy atom.